The molecule has 4 aromatic heterocycles. The fourth-order valence-electron chi connectivity index (χ4n) is 3.38. The lowest BCUT2D eigenvalue weighted by molar-refractivity contribution is 0.0941. The molecule has 1 atom stereocenters. The molecule has 1 amide bonds. The smallest absolute Gasteiger partial charge is 0.259 e. The van der Waals surface area contributed by atoms with E-state index in [-0.39, 0.29) is 11.9 Å². The maximum absolute atomic E-state index is 13.1. The van der Waals surface area contributed by atoms with Crippen LogP contribution in [0.5, 0.6) is 0 Å². The monoisotopic (exact) mass is 379 g/mol. The Kier molecular flexibility index (Phi) is 4.50. The van der Waals surface area contributed by atoms with Crippen LogP contribution < -0.4 is 5.32 Å². The summed E-state index contributed by atoms with van der Waals surface area (Å²) in [5.74, 6) is 2.12. The molecule has 144 valence electrons. The number of furan rings is 2. The van der Waals surface area contributed by atoms with E-state index in [1.54, 1.807) is 19.3 Å². The Morgan fingerprint density at radius 2 is 2.07 bits per heavy atom. The van der Waals surface area contributed by atoms with Crippen molar-refractivity contribution in [3.05, 3.63) is 59.1 Å². The van der Waals surface area contributed by atoms with Gasteiger partial charge in [-0.3, -0.25) is 4.79 Å². The third-order valence-corrected chi connectivity index (χ3v) is 4.64. The predicted molar refractivity (Wildman–Crippen MR) is 103 cm³/mol. The van der Waals surface area contributed by atoms with E-state index >= 15 is 0 Å². The number of hydrogen-bond donors (Lipinski definition) is 1. The van der Waals surface area contributed by atoms with Gasteiger partial charge in [0.15, 0.2) is 0 Å². The number of pyridine rings is 1. The summed E-state index contributed by atoms with van der Waals surface area (Å²) >= 11 is 0. The van der Waals surface area contributed by atoms with Crippen molar-refractivity contribution in [2.75, 3.05) is 0 Å². The first-order valence-electron chi connectivity index (χ1n) is 9.10. The number of carbonyl (C=O) groups excluding carboxylic acids is 1. The Hall–Kier alpha value is -3.35. The van der Waals surface area contributed by atoms with Crippen molar-refractivity contribution in [3.8, 4) is 11.3 Å². The van der Waals surface area contributed by atoms with Crippen LogP contribution in [0.4, 0.5) is 0 Å². The van der Waals surface area contributed by atoms with Crippen LogP contribution >= 0.6 is 0 Å². The van der Waals surface area contributed by atoms with Gasteiger partial charge in [-0.25, -0.2) is 4.98 Å². The molecule has 28 heavy (non-hydrogen) atoms. The van der Waals surface area contributed by atoms with Gasteiger partial charge in [0, 0.05) is 18.0 Å². The minimum absolute atomic E-state index is 0.108. The van der Waals surface area contributed by atoms with E-state index in [4.69, 9.17) is 13.4 Å². The molecule has 7 nitrogen and oxygen atoms in total. The zero-order chi connectivity index (χ0) is 19.8. The average Bonchev–Trinajstić information content (AvgIpc) is 3.35. The Bertz CT molecular complexity index is 1140. The number of nitrogens with zero attached hydrogens (tertiary/aromatic N) is 2. The first kappa shape index (κ1) is 18.0. The molecule has 4 rings (SSSR count). The highest BCUT2D eigenvalue weighted by atomic mass is 16.5. The van der Waals surface area contributed by atoms with Gasteiger partial charge in [0.05, 0.1) is 28.6 Å². The van der Waals surface area contributed by atoms with E-state index in [1.165, 1.54) is 0 Å². The van der Waals surface area contributed by atoms with E-state index in [9.17, 15) is 4.79 Å². The van der Waals surface area contributed by atoms with Crippen LogP contribution in [0.1, 0.15) is 40.3 Å². The summed E-state index contributed by atoms with van der Waals surface area (Å²) in [5, 5.41) is 7.62. The molecular weight excluding hydrogens is 358 g/mol. The van der Waals surface area contributed by atoms with Crippen LogP contribution in [0.25, 0.3) is 22.4 Å². The molecule has 4 heterocycles. The number of rotatable bonds is 5. The van der Waals surface area contributed by atoms with Crippen molar-refractivity contribution in [1.82, 2.24) is 15.5 Å². The summed E-state index contributed by atoms with van der Waals surface area (Å²) in [6.07, 6.45) is 2.22. The minimum atomic E-state index is -0.211. The molecule has 0 saturated heterocycles. The van der Waals surface area contributed by atoms with Gasteiger partial charge in [-0.2, -0.15) is 0 Å². The average molecular weight is 379 g/mol. The van der Waals surface area contributed by atoms with E-state index in [0.717, 1.165) is 22.8 Å². The molecule has 0 radical (unpaired) electrons. The topological polar surface area (TPSA) is 94.3 Å². The lowest BCUT2D eigenvalue weighted by Crippen LogP contribution is -2.34. The summed E-state index contributed by atoms with van der Waals surface area (Å²) in [6, 6.07) is 7.27. The number of aryl methyl sites for hydroxylation is 3. The Labute approximate surface area is 161 Å². The van der Waals surface area contributed by atoms with Gasteiger partial charge in [0.1, 0.15) is 17.3 Å². The van der Waals surface area contributed by atoms with Gasteiger partial charge < -0.3 is 18.7 Å². The third-order valence-electron chi connectivity index (χ3n) is 4.64. The SMILES string of the molecule is Cc1cc(-c2cc(C(=O)N[C@@H](C)Cc3ccco3)c3c(C)noc3n2)c(C)o1. The summed E-state index contributed by atoms with van der Waals surface area (Å²) in [5.41, 5.74) is 2.87. The summed E-state index contributed by atoms with van der Waals surface area (Å²) in [4.78, 5) is 17.6. The van der Waals surface area contributed by atoms with Crippen molar-refractivity contribution in [1.29, 1.82) is 0 Å². The Morgan fingerprint density at radius 3 is 2.75 bits per heavy atom. The van der Waals surface area contributed by atoms with Crippen LogP contribution in [0.3, 0.4) is 0 Å². The molecule has 0 aliphatic heterocycles. The number of hydrogen-bond acceptors (Lipinski definition) is 6. The van der Waals surface area contributed by atoms with E-state index in [0.29, 0.717) is 34.5 Å². The number of amides is 1. The van der Waals surface area contributed by atoms with Crippen molar-refractivity contribution >= 4 is 17.0 Å². The first-order valence-corrected chi connectivity index (χ1v) is 9.10. The van der Waals surface area contributed by atoms with Crippen molar-refractivity contribution in [2.24, 2.45) is 0 Å². The molecule has 0 aliphatic rings. The van der Waals surface area contributed by atoms with Crippen LogP contribution in [-0.4, -0.2) is 22.1 Å². The first-order chi connectivity index (χ1) is 13.4. The molecule has 4 aromatic rings. The van der Waals surface area contributed by atoms with Crippen LogP contribution in [-0.2, 0) is 6.42 Å². The highest BCUT2D eigenvalue weighted by Gasteiger charge is 2.22. The molecule has 1 N–H and O–H groups in total. The molecule has 7 heteroatoms. The normalized spacial score (nSPS) is 12.4. The molecule has 0 unspecified atom stereocenters. The molecule has 0 aromatic carbocycles. The van der Waals surface area contributed by atoms with Crippen LogP contribution in [0.2, 0.25) is 0 Å². The van der Waals surface area contributed by atoms with Crippen molar-refractivity contribution < 1.29 is 18.2 Å². The Morgan fingerprint density at radius 1 is 1.25 bits per heavy atom. The lowest BCUT2D eigenvalue weighted by atomic mass is 10.0. The maximum atomic E-state index is 13.1. The number of fused-ring (bicyclic) bond motifs is 1. The van der Waals surface area contributed by atoms with Gasteiger partial charge in [-0.1, -0.05) is 5.16 Å². The van der Waals surface area contributed by atoms with E-state index < -0.39 is 0 Å². The van der Waals surface area contributed by atoms with E-state index in [1.807, 2.05) is 39.0 Å². The quantitative estimate of drug-likeness (QED) is 0.553. The second kappa shape index (κ2) is 6.99. The highest BCUT2D eigenvalue weighted by Crippen LogP contribution is 2.30. The standard InChI is InChI=1S/C21H21N3O4/c1-11(8-15-6-5-7-26-15)22-20(25)17-10-18(16-9-12(2)27-14(16)4)23-21-19(17)13(3)24-28-21/h5-7,9-11H,8H2,1-4H3,(H,22,25)/t11-/m0/s1. The molecule has 0 spiro atoms. The van der Waals surface area contributed by atoms with Crippen molar-refractivity contribution in [3.63, 3.8) is 0 Å². The molecule has 0 fully saturated rings. The minimum Gasteiger partial charge on any atom is -0.469 e. The van der Waals surface area contributed by atoms with Gasteiger partial charge in [-0.05, 0) is 52.0 Å². The van der Waals surface area contributed by atoms with Crippen molar-refractivity contribution in [2.45, 2.75) is 40.2 Å². The zero-order valence-electron chi connectivity index (χ0n) is 16.2. The summed E-state index contributed by atoms with van der Waals surface area (Å²) < 4.78 is 16.3. The van der Waals surface area contributed by atoms with Gasteiger partial charge in [0.25, 0.3) is 11.6 Å². The fourth-order valence-corrected chi connectivity index (χ4v) is 3.38. The summed E-state index contributed by atoms with van der Waals surface area (Å²) in [7, 11) is 0. The molecule has 0 bridgehead atoms. The van der Waals surface area contributed by atoms with Crippen LogP contribution in [0, 0.1) is 20.8 Å². The van der Waals surface area contributed by atoms with Gasteiger partial charge in [0.2, 0.25) is 0 Å². The number of aromatic nitrogens is 2. The lowest BCUT2D eigenvalue weighted by Gasteiger charge is -2.13. The fraction of sp³-hybridized carbons (Fsp3) is 0.286. The van der Waals surface area contributed by atoms with Crippen LogP contribution in [0.15, 0.2) is 43.9 Å². The molecular formula is C21H21N3O4. The number of carbonyl (C=O) groups is 1. The summed E-state index contributed by atoms with van der Waals surface area (Å²) in [6.45, 7) is 7.47. The van der Waals surface area contributed by atoms with E-state index in [2.05, 4.69) is 15.5 Å². The maximum Gasteiger partial charge on any atom is 0.259 e. The Balaban J connectivity index is 1.71. The van der Waals surface area contributed by atoms with Gasteiger partial charge in [-0.15, -0.1) is 0 Å². The number of nitrogens with one attached hydrogen (secondary N) is 1. The zero-order valence-corrected chi connectivity index (χ0v) is 16.2. The molecule has 0 aliphatic carbocycles. The largest absolute Gasteiger partial charge is 0.469 e. The predicted octanol–water partition coefficient (Wildman–Crippen LogP) is 4.36. The molecule has 0 saturated carbocycles. The third kappa shape index (κ3) is 3.31. The second-order valence-corrected chi connectivity index (χ2v) is 6.99. The van der Waals surface area contributed by atoms with Gasteiger partial charge >= 0.3 is 0 Å². The second-order valence-electron chi connectivity index (χ2n) is 6.99. The highest BCUT2D eigenvalue weighted by molar-refractivity contribution is 6.07.